The van der Waals surface area contributed by atoms with E-state index in [9.17, 15) is 9.90 Å². The van der Waals surface area contributed by atoms with Crippen molar-refractivity contribution in [3.05, 3.63) is 23.5 Å². The van der Waals surface area contributed by atoms with Gasteiger partial charge in [0.2, 0.25) is 0 Å². The first-order chi connectivity index (χ1) is 11.8. The first-order valence-corrected chi connectivity index (χ1v) is 9.34. The van der Waals surface area contributed by atoms with Crippen LogP contribution in [0.2, 0.25) is 0 Å². The number of carbonyl (C=O) groups is 1. The Morgan fingerprint density at radius 3 is 2.60 bits per heavy atom. The molecule has 6 nitrogen and oxygen atoms in total. The van der Waals surface area contributed by atoms with Gasteiger partial charge in [0, 0.05) is 43.8 Å². The van der Waals surface area contributed by atoms with Crippen molar-refractivity contribution < 1.29 is 14.6 Å². The first-order valence-electron chi connectivity index (χ1n) is 9.34. The van der Waals surface area contributed by atoms with Gasteiger partial charge in [-0.3, -0.25) is 9.69 Å². The summed E-state index contributed by atoms with van der Waals surface area (Å²) in [6.07, 6.45) is 1.49. The van der Waals surface area contributed by atoms with E-state index in [1.54, 1.807) is 0 Å². The normalized spacial score (nSPS) is 27.4. The molecule has 2 fully saturated rings. The monoisotopic (exact) mass is 349 g/mol. The molecule has 1 aromatic heterocycles. The first kappa shape index (κ1) is 18.4. The van der Waals surface area contributed by atoms with Crippen LogP contribution >= 0.6 is 0 Å². The number of β-amino-alcohol motifs (C(OH)–C–C–N with tert-alkyl or cyclic N) is 1. The van der Waals surface area contributed by atoms with Crippen molar-refractivity contribution in [3.8, 4) is 0 Å². The van der Waals surface area contributed by atoms with Crippen molar-refractivity contribution in [1.82, 2.24) is 14.8 Å². The highest BCUT2D eigenvalue weighted by Crippen LogP contribution is 2.39. The van der Waals surface area contributed by atoms with Crippen LogP contribution in [0.15, 0.2) is 12.1 Å². The van der Waals surface area contributed by atoms with Crippen LogP contribution in [-0.2, 0) is 11.2 Å². The second-order valence-electron chi connectivity index (χ2n) is 8.03. The summed E-state index contributed by atoms with van der Waals surface area (Å²) in [7, 11) is 0. The Kier molecular flexibility index (Phi) is 5.23. The lowest BCUT2D eigenvalue weighted by Gasteiger charge is -2.52. The highest BCUT2D eigenvalue weighted by Gasteiger charge is 2.49. The van der Waals surface area contributed by atoms with E-state index in [0.29, 0.717) is 31.7 Å². The zero-order chi connectivity index (χ0) is 18.1. The number of carbonyl (C=O) groups excluding carboxylic acids is 1. The number of ether oxygens (including phenoxy) is 1. The van der Waals surface area contributed by atoms with Crippen molar-refractivity contribution in [3.63, 3.8) is 0 Å². The van der Waals surface area contributed by atoms with Gasteiger partial charge in [0.15, 0.2) is 0 Å². The predicted molar refractivity (Wildman–Crippen MR) is 96.7 cm³/mol. The number of aromatic nitrogens is 1. The van der Waals surface area contributed by atoms with E-state index in [1.807, 2.05) is 17.0 Å². The number of amides is 1. The fourth-order valence-electron chi connectivity index (χ4n) is 3.90. The number of morpholine rings is 1. The van der Waals surface area contributed by atoms with Crippen LogP contribution in [0, 0.1) is 5.41 Å². The molecule has 140 valence electrons. The second-order valence-corrected chi connectivity index (χ2v) is 8.03. The molecule has 0 radical (unpaired) electrons. The SMILES string of the molecule is CCc1ccc(C(=O)N2CC[C@@](O)(CN3CCOCC3)C(C)(C)C2)[nH]1. The number of aromatic amines is 1. The topological polar surface area (TPSA) is 68.8 Å². The minimum absolute atomic E-state index is 0.0289. The molecule has 1 atom stereocenters. The van der Waals surface area contributed by atoms with Gasteiger partial charge >= 0.3 is 0 Å². The maximum Gasteiger partial charge on any atom is 0.270 e. The van der Waals surface area contributed by atoms with E-state index < -0.39 is 5.60 Å². The molecular weight excluding hydrogens is 318 g/mol. The van der Waals surface area contributed by atoms with E-state index in [0.717, 1.165) is 38.4 Å². The molecule has 1 amide bonds. The molecule has 2 aliphatic heterocycles. The Hall–Kier alpha value is -1.37. The predicted octanol–water partition coefficient (Wildman–Crippen LogP) is 1.51. The molecule has 3 rings (SSSR count). The van der Waals surface area contributed by atoms with Crippen molar-refractivity contribution in [1.29, 1.82) is 0 Å². The van der Waals surface area contributed by atoms with Gasteiger partial charge in [-0.2, -0.15) is 0 Å². The number of hydrogen-bond donors (Lipinski definition) is 2. The molecule has 2 saturated heterocycles. The molecule has 0 aliphatic carbocycles. The maximum atomic E-state index is 12.8. The van der Waals surface area contributed by atoms with Crippen LogP contribution in [0.1, 0.15) is 43.4 Å². The Morgan fingerprint density at radius 1 is 1.28 bits per heavy atom. The number of H-pyrrole nitrogens is 1. The molecule has 0 unspecified atom stereocenters. The van der Waals surface area contributed by atoms with E-state index in [-0.39, 0.29) is 11.3 Å². The number of nitrogens with one attached hydrogen (secondary N) is 1. The smallest absolute Gasteiger partial charge is 0.270 e. The minimum atomic E-state index is -0.786. The van der Waals surface area contributed by atoms with Crippen molar-refractivity contribution >= 4 is 5.91 Å². The van der Waals surface area contributed by atoms with Gasteiger partial charge in [-0.05, 0) is 25.0 Å². The van der Waals surface area contributed by atoms with Crippen LogP contribution in [0.25, 0.3) is 0 Å². The molecule has 0 saturated carbocycles. The molecule has 2 N–H and O–H groups in total. The lowest BCUT2D eigenvalue weighted by molar-refractivity contribution is -0.133. The van der Waals surface area contributed by atoms with Crippen LogP contribution in [-0.4, -0.2) is 77.3 Å². The van der Waals surface area contributed by atoms with Gasteiger partial charge in [0.05, 0.1) is 18.8 Å². The average molecular weight is 349 g/mol. The Labute approximate surface area is 150 Å². The molecular formula is C19H31N3O3. The van der Waals surface area contributed by atoms with Crippen LogP contribution in [0.4, 0.5) is 0 Å². The Morgan fingerprint density at radius 2 is 2.00 bits per heavy atom. The number of hydrogen-bond acceptors (Lipinski definition) is 4. The summed E-state index contributed by atoms with van der Waals surface area (Å²) in [5.41, 5.74) is 0.569. The number of rotatable bonds is 4. The summed E-state index contributed by atoms with van der Waals surface area (Å²) in [4.78, 5) is 20.2. The minimum Gasteiger partial charge on any atom is -0.388 e. The number of nitrogens with zero attached hydrogens (tertiary/aromatic N) is 2. The summed E-state index contributed by atoms with van der Waals surface area (Å²) in [6, 6.07) is 3.83. The third-order valence-corrected chi connectivity index (χ3v) is 5.88. The largest absolute Gasteiger partial charge is 0.388 e. The summed E-state index contributed by atoms with van der Waals surface area (Å²) in [5.74, 6) is 0.0289. The van der Waals surface area contributed by atoms with Gasteiger partial charge in [0.1, 0.15) is 5.69 Å². The average Bonchev–Trinajstić information content (AvgIpc) is 3.07. The number of aryl methyl sites for hydroxylation is 1. The summed E-state index contributed by atoms with van der Waals surface area (Å²) < 4.78 is 5.40. The molecule has 2 aliphatic rings. The van der Waals surface area contributed by atoms with Gasteiger partial charge in [-0.25, -0.2) is 0 Å². The third-order valence-electron chi connectivity index (χ3n) is 5.88. The molecule has 0 spiro atoms. The molecule has 0 aromatic carbocycles. The quantitative estimate of drug-likeness (QED) is 0.865. The van der Waals surface area contributed by atoms with Crippen LogP contribution in [0.5, 0.6) is 0 Å². The van der Waals surface area contributed by atoms with Gasteiger partial charge < -0.3 is 19.7 Å². The molecule has 6 heteroatoms. The Bertz CT molecular complexity index is 607. The zero-order valence-corrected chi connectivity index (χ0v) is 15.7. The lowest BCUT2D eigenvalue weighted by Crippen LogP contribution is -2.63. The van der Waals surface area contributed by atoms with Gasteiger partial charge in [-0.1, -0.05) is 20.8 Å². The van der Waals surface area contributed by atoms with Crippen molar-refractivity contribution in [2.75, 3.05) is 45.9 Å². The standard InChI is InChI=1S/C19H31N3O3/c1-4-15-5-6-16(20-15)17(23)22-8-7-19(24,18(2,3)13-22)14-21-9-11-25-12-10-21/h5-6,20,24H,4,7-14H2,1-3H3/t19-/m1/s1. The van der Waals surface area contributed by atoms with Gasteiger partial charge in [0.25, 0.3) is 5.91 Å². The zero-order valence-electron chi connectivity index (χ0n) is 15.7. The molecule has 1 aromatic rings. The number of likely N-dealkylation sites (tertiary alicyclic amines) is 1. The number of piperidine rings is 1. The van der Waals surface area contributed by atoms with E-state index in [4.69, 9.17) is 4.74 Å². The third kappa shape index (κ3) is 3.76. The van der Waals surface area contributed by atoms with Crippen LogP contribution < -0.4 is 0 Å². The van der Waals surface area contributed by atoms with Gasteiger partial charge in [-0.15, -0.1) is 0 Å². The summed E-state index contributed by atoms with van der Waals surface area (Å²) in [6.45, 7) is 11.2. The van der Waals surface area contributed by atoms with Crippen LogP contribution in [0.3, 0.4) is 0 Å². The van der Waals surface area contributed by atoms with E-state index >= 15 is 0 Å². The van der Waals surface area contributed by atoms with Crippen molar-refractivity contribution in [2.45, 2.75) is 39.2 Å². The van der Waals surface area contributed by atoms with E-state index in [2.05, 4.69) is 30.7 Å². The second kappa shape index (κ2) is 7.09. The highest BCUT2D eigenvalue weighted by atomic mass is 16.5. The highest BCUT2D eigenvalue weighted by molar-refractivity contribution is 5.92. The maximum absolute atomic E-state index is 12.8. The Balaban J connectivity index is 1.67. The molecule has 0 bridgehead atoms. The lowest BCUT2D eigenvalue weighted by atomic mass is 9.69. The molecule has 25 heavy (non-hydrogen) atoms. The summed E-state index contributed by atoms with van der Waals surface area (Å²) in [5, 5.41) is 11.3. The number of aliphatic hydroxyl groups is 1. The fourth-order valence-corrected chi connectivity index (χ4v) is 3.90. The molecule has 3 heterocycles. The van der Waals surface area contributed by atoms with Crippen molar-refractivity contribution in [2.24, 2.45) is 5.41 Å². The fraction of sp³-hybridized carbons (Fsp3) is 0.737. The van der Waals surface area contributed by atoms with E-state index in [1.165, 1.54) is 0 Å². The summed E-state index contributed by atoms with van der Waals surface area (Å²) >= 11 is 0.